The molecule has 3 aliphatic rings. The van der Waals surface area contributed by atoms with Crippen molar-refractivity contribution in [2.45, 2.75) is 75.4 Å². The van der Waals surface area contributed by atoms with Crippen molar-refractivity contribution in [3.63, 3.8) is 0 Å². The number of sulfone groups is 1. The van der Waals surface area contributed by atoms with Gasteiger partial charge >= 0.3 is 7.12 Å². The molecule has 0 aromatic heterocycles. The van der Waals surface area contributed by atoms with Gasteiger partial charge in [-0.3, -0.25) is 4.99 Å². The Morgan fingerprint density at radius 3 is 2.17 bits per heavy atom. The lowest BCUT2D eigenvalue weighted by atomic mass is 9.76. The highest BCUT2D eigenvalue weighted by Gasteiger charge is 2.58. The third-order valence-electron chi connectivity index (χ3n) is 7.16. The molecular formula is C20H28BFN2O4S. The number of hydrogen-bond donors (Lipinski definition) is 1. The molecule has 0 amide bonds. The Labute approximate surface area is 172 Å². The molecule has 0 bridgehead atoms. The topological polar surface area (TPSA) is 91.0 Å². The molecule has 158 valence electrons. The lowest BCUT2D eigenvalue weighted by Crippen LogP contribution is -2.61. The van der Waals surface area contributed by atoms with E-state index in [1.807, 2.05) is 27.7 Å². The molecule has 1 saturated heterocycles. The van der Waals surface area contributed by atoms with Crippen molar-refractivity contribution in [2.24, 2.45) is 10.7 Å². The fourth-order valence-corrected chi connectivity index (χ4v) is 6.86. The number of halogens is 1. The van der Waals surface area contributed by atoms with Gasteiger partial charge in [0.2, 0.25) is 0 Å². The summed E-state index contributed by atoms with van der Waals surface area (Å²) in [7, 11) is -4.24. The van der Waals surface area contributed by atoms with Crippen molar-refractivity contribution in [2.75, 3.05) is 5.75 Å². The predicted molar refractivity (Wildman–Crippen MR) is 111 cm³/mol. The van der Waals surface area contributed by atoms with Crippen molar-refractivity contribution >= 4 is 28.3 Å². The summed E-state index contributed by atoms with van der Waals surface area (Å²) < 4.78 is 52.1. The van der Waals surface area contributed by atoms with Gasteiger partial charge in [0.25, 0.3) is 0 Å². The molecule has 2 N–H and O–H groups in total. The van der Waals surface area contributed by atoms with E-state index >= 15 is 0 Å². The molecule has 1 aliphatic carbocycles. The SMILES string of the molecule is CC1(c2cc(B3OC(C)(C)C(C)(C)O3)ccc2F)CS(=O)(=O)C2(CCC2)C(N)=N1. The largest absolute Gasteiger partial charge is 0.494 e. The summed E-state index contributed by atoms with van der Waals surface area (Å²) in [6, 6.07) is 4.51. The summed E-state index contributed by atoms with van der Waals surface area (Å²) in [4.78, 5) is 4.53. The quantitative estimate of drug-likeness (QED) is 0.737. The minimum Gasteiger partial charge on any atom is -0.399 e. The van der Waals surface area contributed by atoms with Crippen LogP contribution in [0, 0.1) is 5.82 Å². The molecule has 1 spiro atoms. The summed E-state index contributed by atoms with van der Waals surface area (Å²) in [5.41, 5.74) is 4.58. The van der Waals surface area contributed by atoms with Gasteiger partial charge in [-0.05, 0) is 65.4 Å². The zero-order valence-electron chi connectivity index (χ0n) is 17.6. The maximum absolute atomic E-state index is 14.9. The van der Waals surface area contributed by atoms with Crippen molar-refractivity contribution in [3.05, 3.63) is 29.6 Å². The smallest absolute Gasteiger partial charge is 0.399 e. The lowest BCUT2D eigenvalue weighted by molar-refractivity contribution is 0.00578. The summed E-state index contributed by atoms with van der Waals surface area (Å²) in [6.07, 6.45) is 1.77. The third kappa shape index (κ3) is 2.88. The number of benzene rings is 1. The highest BCUT2D eigenvalue weighted by atomic mass is 32.2. The van der Waals surface area contributed by atoms with Crippen molar-refractivity contribution in [1.29, 1.82) is 0 Å². The second kappa shape index (κ2) is 6.05. The van der Waals surface area contributed by atoms with E-state index in [2.05, 4.69) is 4.99 Å². The molecule has 1 unspecified atom stereocenters. The van der Waals surface area contributed by atoms with Crippen LogP contribution < -0.4 is 11.2 Å². The van der Waals surface area contributed by atoms with Gasteiger partial charge in [-0.15, -0.1) is 0 Å². The molecule has 1 saturated carbocycles. The molecular weight excluding hydrogens is 394 g/mol. The molecule has 29 heavy (non-hydrogen) atoms. The highest BCUT2D eigenvalue weighted by Crippen LogP contribution is 2.47. The van der Waals surface area contributed by atoms with Crippen molar-refractivity contribution in [3.8, 4) is 0 Å². The Morgan fingerprint density at radius 2 is 1.69 bits per heavy atom. The minimum atomic E-state index is -3.56. The standard InChI is InChI=1S/C20H28BFN2O4S/c1-17(2)18(3,4)28-21(27-17)13-7-8-15(22)14(11-13)19(5)12-29(25,26)20(9-6-10-20)16(23)24-19/h7-8,11H,6,9-10,12H2,1-5H3,(H2,23,24). The van der Waals surface area contributed by atoms with Crippen molar-refractivity contribution in [1.82, 2.24) is 0 Å². The zero-order chi connectivity index (χ0) is 21.5. The normalized spacial score (nSPS) is 31.4. The number of nitrogens with two attached hydrogens (primary N) is 1. The van der Waals surface area contributed by atoms with Gasteiger partial charge in [0, 0.05) is 5.56 Å². The van der Waals surface area contributed by atoms with E-state index in [0.29, 0.717) is 18.3 Å². The van der Waals surface area contributed by atoms with Crippen molar-refractivity contribution < 1.29 is 22.1 Å². The van der Waals surface area contributed by atoms with E-state index in [1.54, 1.807) is 19.1 Å². The maximum atomic E-state index is 14.9. The molecule has 9 heteroatoms. The first kappa shape index (κ1) is 20.8. The Hall–Kier alpha value is -1.45. The van der Waals surface area contributed by atoms with Gasteiger partial charge in [0.15, 0.2) is 9.84 Å². The summed E-state index contributed by atoms with van der Waals surface area (Å²) in [5, 5.41) is 0. The second-order valence-corrected chi connectivity index (χ2v) is 12.0. The van der Waals surface area contributed by atoms with Crippen LogP contribution in [0.25, 0.3) is 0 Å². The maximum Gasteiger partial charge on any atom is 0.494 e. The molecule has 2 fully saturated rings. The summed E-state index contributed by atoms with van der Waals surface area (Å²) in [5.74, 6) is -0.702. The van der Waals surface area contributed by atoms with E-state index in [0.717, 1.165) is 6.42 Å². The van der Waals surface area contributed by atoms with Crippen LogP contribution in [0.2, 0.25) is 0 Å². The van der Waals surface area contributed by atoms with Crippen LogP contribution in [0.5, 0.6) is 0 Å². The number of rotatable bonds is 2. The molecule has 2 aliphatic heterocycles. The molecule has 6 nitrogen and oxygen atoms in total. The van der Waals surface area contributed by atoms with E-state index in [9.17, 15) is 12.8 Å². The Bertz CT molecular complexity index is 988. The van der Waals surface area contributed by atoms with E-state index in [-0.39, 0.29) is 17.2 Å². The summed E-state index contributed by atoms with van der Waals surface area (Å²) >= 11 is 0. The Kier molecular flexibility index (Phi) is 4.34. The van der Waals surface area contributed by atoms with Gasteiger partial charge in [0.1, 0.15) is 21.9 Å². The molecule has 1 aromatic rings. The van der Waals surface area contributed by atoms with Crippen LogP contribution >= 0.6 is 0 Å². The number of aliphatic imine (C=N–C) groups is 1. The first-order valence-corrected chi connectivity index (χ1v) is 11.6. The van der Waals surface area contributed by atoms with Crippen LogP contribution in [-0.2, 0) is 24.7 Å². The van der Waals surface area contributed by atoms with E-state index < -0.39 is 44.3 Å². The van der Waals surface area contributed by atoms with Crippen LogP contribution in [0.15, 0.2) is 23.2 Å². The van der Waals surface area contributed by atoms with Crippen LogP contribution in [-0.4, -0.2) is 43.1 Å². The molecule has 4 rings (SSSR count). The Balaban J connectivity index is 1.76. The van der Waals surface area contributed by atoms with Crippen LogP contribution in [0.1, 0.15) is 59.4 Å². The Morgan fingerprint density at radius 1 is 1.10 bits per heavy atom. The third-order valence-corrected chi connectivity index (χ3v) is 9.91. The molecule has 1 atom stereocenters. The first-order valence-electron chi connectivity index (χ1n) is 9.97. The molecule has 0 radical (unpaired) electrons. The van der Waals surface area contributed by atoms with E-state index in [4.69, 9.17) is 15.0 Å². The van der Waals surface area contributed by atoms with Crippen LogP contribution in [0.3, 0.4) is 0 Å². The van der Waals surface area contributed by atoms with Gasteiger partial charge in [-0.2, -0.15) is 0 Å². The molecule has 2 heterocycles. The van der Waals surface area contributed by atoms with Gasteiger partial charge in [-0.25, -0.2) is 12.8 Å². The highest BCUT2D eigenvalue weighted by molar-refractivity contribution is 7.93. The first-order chi connectivity index (χ1) is 13.2. The molecule has 1 aromatic carbocycles. The summed E-state index contributed by atoms with van der Waals surface area (Å²) in [6.45, 7) is 9.38. The minimum absolute atomic E-state index is 0.0953. The average molecular weight is 422 g/mol. The van der Waals surface area contributed by atoms with Crippen LogP contribution in [0.4, 0.5) is 4.39 Å². The predicted octanol–water partition coefficient (Wildman–Crippen LogP) is 2.05. The number of nitrogens with zero attached hydrogens (tertiary/aromatic N) is 1. The average Bonchev–Trinajstić information content (AvgIpc) is 2.72. The fourth-order valence-electron chi connectivity index (χ4n) is 4.35. The zero-order valence-corrected chi connectivity index (χ0v) is 18.4. The van der Waals surface area contributed by atoms with Gasteiger partial charge in [0.05, 0.1) is 17.0 Å². The lowest BCUT2D eigenvalue weighted by Gasteiger charge is -2.46. The fraction of sp³-hybridized carbons (Fsp3) is 0.650. The monoisotopic (exact) mass is 422 g/mol. The van der Waals surface area contributed by atoms with E-state index in [1.165, 1.54) is 6.07 Å². The number of amidine groups is 1. The van der Waals surface area contributed by atoms with Gasteiger partial charge < -0.3 is 15.0 Å². The number of hydrogen-bond acceptors (Lipinski definition) is 6. The second-order valence-electron chi connectivity index (χ2n) is 9.71. The van der Waals surface area contributed by atoms with Gasteiger partial charge in [-0.1, -0.05) is 12.1 Å².